The van der Waals surface area contributed by atoms with Gasteiger partial charge in [0.05, 0.1) is 30.2 Å². The third-order valence-electron chi connectivity index (χ3n) is 6.01. The standard InChI is InChI=1S/C24H23ClN2O4/c25-17-6-3-5-16(15-17)21-20-22(28)18-7-1-2-8-19(18)31-23(20)24(29)27(21)10-4-9-26-11-13-30-14-12-26/h1-3,5-8,15,21H,4,9-14H2/t21-/m0/s1. The molecule has 1 aromatic heterocycles. The SMILES string of the molecule is O=C1c2oc3ccccc3c(=O)c2[C@H](c2cccc(Cl)c2)N1CCCN1CCOCC1. The summed E-state index contributed by atoms with van der Waals surface area (Å²) in [6.07, 6.45) is 0.796. The quantitative estimate of drug-likeness (QED) is 0.607. The van der Waals surface area contributed by atoms with Crippen LogP contribution in [0.15, 0.2) is 57.7 Å². The number of fused-ring (bicyclic) bond motifs is 2. The van der Waals surface area contributed by atoms with Crippen LogP contribution in [0.3, 0.4) is 0 Å². The summed E-state index contributed by atoms with van der Waals surface area (Å²) in [6, 6.07) is 13.9. The molecule has 0 spiro atoms. The number of hydrogen-bond donors (Lipinski definition) is 0. The first-order valence-electron chi connectivity index (χ1n) is 10.6. The van der Waals surface area contributed by atoms with Crippen LogP contribution in [-0.4, -0.2) is 55.1 Å². The van der Waals surface area contributed by atoms with Crippen molar-refractivity contribution in [3.63, 3.8) is 0 Å². The smallest absolute Gasteiger partial charge is 0.290 e. The van der Waals surface area contributed by atoms with E-state index in [1.54, 1.807) is 35.2 Å². The van der Waals surface area contributed by atoms with Gasteiger partial charge in [0, 0.05) is 31.2 Å². The monoisotopic (exact) mass is 438 g/mol. The maximum atomic E-state index is 13.4. The van der Waals surface area contributed by atoms with Gasteiger partial charge in [-0.25, -0.2) is 0 Å². The van der Waals surface area contributed by atoms with Gasteiger partial charge in [-0.3, -0.25) is 14.5 Å². The second-order valence-electron chi connectivity index (χ2n) is 7.93. The fourth-order valence-corrected chi connectivity index (χ4v) is 4.71. The summed E-state index contributed by atoms with van der Waals surface area (Å²) in [4.78, 5) is 30.9. The molecule has 1 atom stereocenters. The lowest BCUT2D eigenvalue weighted by Crippen LogP contribution is -2.38. The van der Waals surface area contributed by atoms with Gasteiger partial charge in [0.15, 0.2) is 5.43 Å². The Labute approximate surface area is 185 Å². The van der Waals surface area contributed by atoms with Gasteiger partial charge >= 0.3 is 0 Å². The molecule has 1 saturated heterocycles. The molecule has 3 aromatic rings. The molecule has 5 rings (SSSR count). The number of hydrogen-bond acceptors (Lipinski definition) is 5. The number of para-hydroxylation sites is 1. The Morgan fingerprint density at radius 2 is 1.81 bits per heavy atom. The molecule has 1 amide bonds. The van der Waals surface area contributed by atoms with Crippen LogP contribution in [0.5, 0.6) is 0 Å². The number of ether oxygens (including phenoxy) is 1. The van der Waals surface area contributed by atoms with E-state index in [0.29, 0.717) is 28.1 Å². The molecule has 3 heterocycles. The van der Waals surface area contributed by atoms with Gasteiger partial charge in [-0.2, -0.15) is 0 Å². The number of nitrogens with zero attached hydrogens (tertiary/aromatic N) is 2. The van der Waals surface area contributed by atoms with Crippen LogP contribution in [0.25, 0.3) is 11.0 Å². The molecule has 1 fully saturated rings. The highest BCUT2D eigenvalue weighted by Crippen LogP contribution is 2.38. The number of amides is 1. The Bertz CT molecular complexity index is 1190. The summed E-state index contributed by atoms with van der Waals surface area (Å²) >= 11 is 6.25. The van der Waals surface area contributed by atoms with Crippen molar-refractivity contribution in [3.8, 4) is 0 Å². The molecule has 0 saturated carbocycles. The lowest BCUT2D eigenvalue weighted by Gasteiger charge is -2.29. The zero-order valence-corrected chi connectivity index (χ0v) is 17.8. The molecule has 2 aromatic carbocycles. The molecule has 2 aliphatic heterocycles. The number of halogens is 1. The van der Waals surface area contributed by atoms with E-state index >= 15 is 0 Å². The average molecular weight is 439 g/mol. The van der Waals surface area contributed by atoms with Crippen LogP contribution >= 0.6 is 11.6 Å². The number of rotatable bonds is 5. The maximum absolute atomic E-state index is 13.4. The van der Waals surface area contributed by atoms with Gasteiger partial charge in [0.1, 0.15) is 5.58 Å². The van der Waals surface area contributed by atoms with Crippen molar-refractivity contribution in [1.82, 2.24) is 9.80 Å². The lowest BCUT2D eigenvalue weighted by atomic mass is 9.98. The summed E-state index contributed by atoms with van der Waals surface area (Å²) in [5.41, 5.74) is 1.48. The third kappa shape index (κ3) is 3.76. The lowest BCUT2D eigenvalue weighted by molar-refractivity contribution is 0.0353. The minimum atomic E-state index is -0.508. The number of benzene rings is 2. The summed E-state index contributed by atoms with van der Waals surface area (Å²) in [7, 11) is 0. The zero-order chi connectivity index (χ0) is 21.4. The van der Waals surface area contributed by atoms with Crippen molar-refractivity contribution in [2.75, 3.05) is 39.4 Å². The number of morpholine rings is 1. The van der Waals surface area contributed by atoms with Gasteiger partial charge < -0.3 is 14.1 Å². The molecular weight excluding hydrogens is 416 g/mol. The largest absolute Gasteiger partial charge is 0.450 e. The normalized spacial score (nSPS) is 19.2. The van der Waals surface area contributed by atoms with Crippen molar-refractivity contribution in [2.24, 2.45) is 0 Å². The van der Waals surface area contributed by atoms with Crippen LogP contribution in [-0.2, 0) is 4.74 Å². The first-order valence-corrected chi connectivity index (χ1v) is 10.9. The van der Waals surface area contributed by atoms with E-state index in [2.05, 4.69) is 4.90 Å². The van der Waals surface area contributed by atoms with Gasteiger partial charge in [0.2, 0.25) is 5.76 Å². The molecule has 7 heteroatoms. The number of carbonyl (C=O) groups is 1. The Kier molecular flexibility index (Phi) is 5.52. The van der Waals surface area contributed by atoms with Crippen LogP contribution in [0.1, 0.15) is 34.1 Å². The van der Waals surface area contributed by atoms with E-state index < -0.39 is 6.04 Å². The average Bonchev–Trinajstić information content (AvgIpc) is 3.07. The van der Waals surface area contributed by atoms with Gasteiger partial charge in [-0.15, -0.1) is 0 Å². The molecule has 0 unspecified atom stereocenters. The van der Waals surface area contributed by atoms with E-state index in [0.717, 1.165) is 44.8 Å². The molecule has 2 aliphatic rings. The van der Waals surface area contributed by atoms with Crippen LogP contribution in [0.2, 0.25) is 5.02 Å². The van der Waals surface area contributed by atoms with Crippen molar-refractivity contribution >= 4 is 28.5 Å². The second-order valence-corrected chi connectivity index (χ2v) is 8.37. The fraction of sp³-hybridized carbons (Fsp3) is 0.333. The first-order chi connectivity index (χ1) is 15.1. The van der Waals surface area contributed by atoms with E-state index in [9.17, 15) is 9.59 Å². The minimum absolute atomic E-state index is 0.139. The molecule has 0 radical (unpaired) electrons. The molecule has 0 bridgehead atoms. The Morgan fingerprint density at radius 1 is 1.00 bits per heavy atom. The Morgan fingerprint density at radius 3 is 2.61 bits per heavy atom. The predicted molar refractivity (Wildman–Crippen MR) is 119 cm³/mol. The van der Waals surface area contributed by atoms with E-state index in [1.165, 1.54) is 0 Å². The van der Waals surface area contributed by atoms with Gasteiger partial charge in [0.25, 0.3) is 5.91 Å². The highest BCUT2D eigenvalue weighted by atomic mass is 35.5. The number of carbonyl (C=O) groups excluding carboxylic acids is 1. The molecular formula is C24H23ClN2O4. The van der Waals surface area contributed by atoms with Crippen molar-refractivity contribution in [2.45, 2.75) is 12.5 Å². The zero-order valence-electron chi connectivity index (χ0n) is 17.1. The molecule has 0 aliphatic carbocycles. The summed E-state index contributed by atoms with van der Waals surface area (Å²) in [5.74, 6) is -0.107. The maximum Gasteiger partial charge on any atom is 0.290 e. The van der Waals surface area contributed by atoms with E-state index in [1.807, 2.05) is 18.2 Å². The van der Waals surface area contributed by atoms with Crippen LogP contribution in [0.4, 0.5) is 0 Å². The molecule has 160 valence electrons. The molecule has 31 heavy (non-hydrogen) atoms. The van der Waals surface area contributed by atoms with E-state index in [-0.39, 0.29) is 17.1 Å². The van der Waals surface area contributed by atoms with Crippen molar-refractivity contribution in [1.29, 1.82) is 0 Å². The predicted octanol–water partition coefficient (Wildman–Crippen LogP) is 3.71. The van der Waals surface area contributed by atoms with Gasteiger partial charge in [-0.05, 0) is 36.2 Å². The summed E-state index contributed by atoms with van der Waals surface area (Å²) in [5, 5.41) is 1.05. The topological polar surface area (TPSA) is 63.0 Å². The summed E-state index contributed by atoms with van der Waals surface area (Å²) in [6.45, 7) is 4.67. The van der Waals surface area contributed by atoms with Crippen LogP contribution in [0, 0.1) is 0 Å². The molecule has 6 nitrogen and oxygen atoms in total. The van der Waals surface area contributed by atoms with Crippen LogP contribution < -0.4 is 5.43 Å². The van der Waals surface area contributed by atoms with Crippen molar-refractivity contribution in [3.05, 3.63) is 80.7 Å². The third-order valence-corrected chi connectivity index (χ3v) is 6.25. The Balaban J connectivity index is 1.53. The second kappa shape index (κ2) is 8.46. The van der Waals surface area contributed by atoms with Crippen molar-refractivity contribution < 1.29 is 13.9 Å². The van der Waals surface area contributed by atoms with Gasteiger partial charge in [-0.1, -0.05) is 35.9 Å². The fourth-order valence-electron chi connectivity index (χ4n) is 4.51. The highest BCUT2D eigenvalue weighted by molar-refractivity contribution is 6.30. The first kappa shape index (κ1) is 20.2. The summed E-state index contributed by atoms with van der Waals surface area (Å²) < 4.78 is 11.4. The molecule has 0 N–H and O–H groups in total. The Hall–Kier alpha value is -2.67. The van der Waals surface area contributed by atoms with E-state index in [4.69, 9.17) is 20.8 Å². The minimum Gasteiger partial charge on any atom is -0.450 e. The highest BCUT2D eigenvalue weighted by Gasteiger charge is 2.42.